The van der Waals surface area contributed by atoms with Crippen molar-refractivity contribution in [3.05, 3.63) is 87.1 Å². The fourth-order valence-electron chi connectivity index (χ4n) is 4.30. The monoisotopic (exact) mass is 447 g/mol. The lowest BCUT2D eigenvalue weighted by Crippen LogP contribution is -2.43. The van der Waals surface area contributed by atoms with Gasteiger partial charge in [0.05, 0.1) is 28.8 Å². The Kier molecular flexibility index (Phi) is 5.61. The summed E-state index contributed by atoms with van der Waals surface area (Å²) in [7, 11) is 1.90. The van der Waals surface area contributed by atoms with Gasteiger partial charge in [-0.3, -0.25) is 9.69 Å². The molecule has 0 saturated heterocycles. The Morgan fingerprint density at radius 2 is 1.94 bits per heavy atom. The second-order valence-corrected chi connectivity index (χ2v) is 10.1. The molecule has 4 nitrogen and oxygen atoms in total. The molecule has 1 amide bonds. The summed E-state index contributed by atoms with van der Waals surface area (Å²) in [5, 5.41) is 3.16. The molecule has 2 atom stereocenters. The van der Waals surface area contributed by atoms with Crippen LogP contribution in [0.2, 0.25) is 0 Å². The number of hydrogen-bond donors (Lipinski definition) is 0. The lowest BCUT2D eigenvalue weighted by molar-refractivity contribution is -0.133. The third kappa shape index (κ3) is 3.91. The second-order valence-electron chi connectivity index (χ2n) is 8.03. The number of benzene rings is 2. The molecule has 0 unspecified atom stereocenters. The molecule has 2 aromatic carbocycles. The zero-order valence-corrected chi connectivity index (χ0v) is 19.3. The molecule has 1 aliphatic heterocycles. The Bertz CT molecular complexity index is 1170. The summed E-state index contributed by atoms with van der Waals surface area (Å²) < 4.78 is 1.16. The minimum atomic E-state index is -0.0541. The first kappa shape index (κ1) is 20.4. The van der Waals surface area contributed by atoms with E-state index in [4.69, 9.17) is 4.98 Å². The molecular formula is C25H25N3OS2. The van der Waals surface area contributed by atoms with Gasteiger partial charge in [-0.15, -0.1) is 22.7 Å². The summed E-state index contributed by atoms with van der Waals surface area (Å²) >= 11 is 3.50. The molecule has 31 heavy (non-hydrogen) atoms. The van der Waals surface area contributed by atoms with E-state index in [2.05, 4.69) is 53.6 Å². The molecule has 3 heterocycles. The van der Waals surface area contributed by atoms with Crippen molar-refractivity contribution in [2.75, 3.05) is 20.1 Å². The van der Waals surface area contributed by atoms with Crippen LogP contribution in [0.4, 0.5) is 0 Å². The third-order valence-electron chi connectivity index (χ3n) is 6.16. The summed E-state index contributed by atoms with van der Waals surface area (Å²) in [6.45, 7) is 3.36. The number of aromatic nitrogens is 1. The molecule has 0 bridgehead atoms. The van der Waals surface area contributed by atoms with E-state index in [-0.39, 0.29) is 18.0 Å². The van der Waals surface area contributed by atoms with Crippen LogP contribution in [0.25, 0.3) is 10.2 Å². The largest absolute Gasteiger partial charge is 0.335 e. The van der Waals surface area contributed by atoms with E-state index in [1.165, 1.54) is 16.0 Å². The van der Waals surface area contributed by atoms with Gasteiger partial charge >= 0.3 is 0 Å². The van der Waals surface area contributed by atoms with E-state index in [0.717, 1.165) is 28.2 Å². The molecule has 2 aromatic heterocycles. The molecule has 158 valence electrons. The van der Waals surface area contributed by atoms with Gasteiger partial charge in [0.25, 0.3) is 0 Å². The standard InChI is InChI=1S/C25H25N3OS2/c1-17(25-26-20-10-6-7-11-22(20)31-25)27(2)23(29)16-28-14-12-21-19(13-15-30-21)24(28)18-8-4-3-5-9-18/h3-11,13,15,17,24H,12,14,16H2,1-2H3/t17-,24-/m0/s1. The highest BCUT2D eigenvalue weighted by Crippen LogP contribution is 2.38. The van der Waals surface area contributed by atoms with E-state index >= 15 is 0 Å². The Balaban J connectivity index is 1.37. The fourth-order valence-corrected chi connectivity index (χ4v) is 6.27. The number of para-hydroxylation sites is 1. The maximum absolute atomic E-state index is 13.3. The molecule has 0 spiro atoms. The number of hydrogen-bond acceptors (Lipinski definition) is 5. The first-order valence-corrected chi connectivity index (χ1v) is 12.3. The minimum absolute atomic E-state index is 0.0541. The van der Waals surface area contributed by atoms with E-state index in [1.54, 1.807) is 11.3 Å². The number of thiophene rings is 1. The molecule has 0 saturated carbocycles. The van der Waals surface area contributed by atoms with Gasteiger partial charge < -0.3 is 4.90 Å². The van der Waals surface area contributed by atoms with Crippen molar-refractivity contribution < 1.29 is 4.79 Å². The number of carbonyl (C=O) groups is 1. The Morgan fingerprint density at radius 3 is 2.74 bits per heavy atom. The smallest absolute Gasteiger partial charge is 0.237 e. The number of thiazole rings is 1. The number of nitrogens with zero attached hydrogens (tertiary/aromatic N) is 3. The van der Waals surface area contributed by atoms with Gasteiger partial charge in [0.15, 0.2) is 0 Å². The number of carbonyl (C=O) groups excluding carboxylic acids is 1. The SMILES string of the molecule is C[C@@H](c1nc2ccccc2s1)N(C)C(=O)CN1CCc2sccc2[C@@H]1c1ccccc1. The summed E-state index contributed by atoms with van der Waals surface area (Å²) in [5.74, 6) is 0.131. The summed E-state index contributed by atoms with van der Waals surface area (Å²) in [4.78, 5) is 23.7. The number of amides is 1. The second kappa shape index (κ2) is 8.54. The molecule has 0 N–H and O–H groups in total. The van der Waals surface area contributed by atoms with Gasteiger partial charge in [-0.25, -0.2) is 4.98 Å². The summed E-state index contributed by atoms with van der Waals surface area (Å²) in [6, 6.07) is 21.0. The predicted octanol–water partition coefficient (Wildman–Crippen LogP) is 5.52. The minimum Gasteiger partial charge on any atom is -0.335 e. The lowest BCUT2D eigenvalue weighted by atomic mass is 9.93. The average molecular weight is 448 g/mol. The van der Waals surface area contributed by atoms with Crippen molar-refractivity contribution >= 4 is 38.8 Å². The number of rotatable bonds is 5. The highest BCUT2D eigenvalue weighted by Gasteiger charge is 2.32. The molecular weight excluding hydrogens is 422 g/mol. The van der Waals surface area contributed by atoms with Gasteiger partial charge in [0.2, 0.25) is 5.91 Å². The first-order valence-electron chi connectivity index (χ1n) is 10.6. The molecule has 0 fully saturated rings. The van der Waals surface area contributed by atoms with Crippen LogP contribution in [0, 0.1) is 0 Å². The van der Waals surface area contributed by atoms with Gasteiger partial charge in [-0.2, -0.15) is 0 Å². The van der Waals surface area contributed by atoms with Crippen molar-refractivity contribution in [1.29, 1.82) is 0 Å². The van der Waals surface area contributed by atoms with E-state index in [0.29, 0.717) is 6.54 Å². The Morgan fingerprint density at radius 1 is 1.16 bits per heavy atom. The number of likely N-dealkylation sites (N-methyl/N-ethyl adjacent to an activating group) is 1. The molecule has 4 aromatic rings. The van der Waals surface area contributed by atoms with Gasteiger partial charge in [-0.05, 0) is 48.1 Å². The van der Waals surface area contributed by atoms with Crippen molar-refractivity contribution in [2.24, 2.45) is 0 Å². The Labute approximate surface area is 190 Å². The zero-order valence-electron chi connectivity index (χ0n) is 17.7. The van der Waals surface area contributed by atoms with Gasteiger partial charge in [-0.1, -0.05) is 42.5 Å². The van der Waals surface area contributed by atoms with Crippen LogP contribution < -0.4 is 0 Å². The van der Waals surface area contributed by atoms with E-state index < -0.39 is 0 Å². The van der Waals surface area contributed by atoms with Crippen LogP contribution in [0.5, 0.6) is 0 Å². The molecule has 5 rings (SSSR count). The van der Waals surface area contributed by atoms with Crippen LogP contribution in [0.15, 0.2) is 66.0 Å². The Hall–Kier alpha value is -2.54. The predicted molar refractivity (Wildman–Crippen MR) is 129 cm³/mol. The van der Waals surface area contributed by atoms with Crippen molar-refractivity contribution in [3.63, 3.8) is 0 Å². The normalized spacial score (nSPS) is 17.4. The average Bonchev–Trinajstić information content (AvgIpc) is 3.45. The quantitative estimate of drug-likeness (QED) is 0.404. The van der Waals surface area contributed by atoms with Crippen LogP contribution >= 0.6 is 22.7 Å². The van der Waals surface area contributed by atoms with Crippen LogP contribution in [-0.2, 0) is 11.2 Å². The molecule has 0 radical (unpaired) electrons. The molecule has 6 heteroatoms. The fraction of sp³-hybridized carbons (Fsp3) is 0.280. The van der Waals surface area contributed by atoms with E-state index in [1.807, 2.05) is 47.5 Å². The van der Waals surface area contributed by atoms with Crippen molar-refractivity contribution in [1.82, 2.24) is 14.8 Å². The van der Waals surface area contributed by atoms with E-state index in [9.17, 15) is 4.79 Å². The van der Waals surface area contributed by atoms with Gasteiger partial charge in [0.1, 0.15) is 5.01 Å². The summed E-state index contributed by atoms with van der Waals surface area (Å²) in [6.07, 6.45) is 1.00. The van der Waals surface area contributed by atoms with Crippen LogP contribution in [-0.4, -0.2) is 40.8 Å². The van der Waals surface area contributed by atoms with Crippen LogP contribution in [0.1, 0.15) is 40.0 Å². The highest BCUT2D eigenvalue weighted by molar-refractivity contribution is 7.18. The van der Waals surface area contributed by atoms with Crippen LogP contribution in [0.3, 0.4) is 0 Å². The van der Waals surface area contributed by atoms with Crippen molar-refractivity contribution in [2.45, 2.75) is 25.4 Å². The topological polar surface area (TPSA) is 36.4 Å². The summed E-state index contributed by atoms with van der Waals surface area (Å²) in [5.41, 5.74) is 3.59. The van der Waals surface area contributed by atoms with Crippen molar-refractivity contribution in [3.8, 4) is 0 Å². The zero-order chi connectivity index (χ0) is 21.4. The number of fused-ring (bicyclic) bond motifs is 2. The first-order chi connectivity index (χ1) is 15.1. The molecule has 0 aliphatic carbocycles. The maximum Gasteiger partial charge on any atom is 0.237 e. The third-order valence-corrected chi connectivity index (χ3v) is 8.36. The lowest BCUT2D eigenvalue weighted by Gasteiger charge is -2.37. The highest BCUT2D eigenvalue weighted by atomic mass is 32.1. The van der Waals surface area contributed by atoms with Gasteiger partial charge in [0, 0.05) is 18.5 Å². The molecule has 1 aliphatic rings. The maximum atomic E-state index is 13.3.